The van der Waals surface area contributed by atoms with Crippen LogP contribution in [0.5, 0.6) is 0 Å². The summed E-state index contributed by atoms with van der Waals surface area (Å²) in [7, 11) is 1.59. The molecule has 6 nitrogen and oxygen atoms in total. The van der Waals surface area contributed by atoms with Crippen LogP contribution >= 0.6 is 0 Å². The number of anilines is 1. The lowest BCUT2D eigenvalue weighted by Crippen LogP contribution is -2.25. The van der Waals surface area contributed by atoms with E-state index in [4.69, 9.17) is 16.2 Å². The van der Waals surface area contributed by atoms with Gasteiger partial charge in [0.15, 0.2) is 5.82 Å². The minimum atomic E-state index is -0.624. The first kappa shape index (κ1) is 14.4. The molecule has 0 aliphatic heterocycles. The number of carbonyl (C=O) groups excluding carboxylic acids is 1. The molecule has 1 unspecified atom stereocenters. The zero-order valence-corrected chi connectivity index (χ0v) is 11.4. The van der Waals surface area contributed by atoms with Crippen molar-refractivity contribution in [3.05, 3.63) is 17.1 Å². The summed E-state index contributed by atoms with van der Waals surface area (Å²) in [4.78, 5) is 19.6. The van der Waals surface area contributed by atoms with Crippen LogP contribution < -0.4 is 11.5 Å². The third-order valence-corrected chi connectivity index (χ3v) is 2.64. The number of ether oxygens (including phenoxy) is 1. The molecule has 4 N–H and O–H groups in total. The zero-order chi connectivity index (χ0) is 14.1. The lowest BCUT2D eigenvalue weighted by Gasteiger charge is -2.28. The average molecular weight is 252 g/mol. The average Bonchev–Trinajstić information content (AvgIpc) is 2.13. The van der Waals surface area contributed by atoms with Crippen molar-refractivity contribution in [1.29, 1.82) is 0 Å². The Balaban J connectivity index is 3.33. The Hall–Kier alpha value is -1.69. The number of nitrogens with two attached hydrogens (primary N) is 2. The number of amides is 1. The Morgan fingerprint density at radius 3 is 2.22 bits per heavy atom. The SMILES string of the molecule is COC(c1nc(C)c(C(N)=O)c(N)n1)C(C)(C)C. The van der Waals surface area contributed by atoms with Gasteiger partial charge in [0, 0.05) is 7.11 Å². The highest BCUT2D eigenvalue weighted by Gasteiger charge is 2.30. The molecule has 0 bridgehead atoms. The van der Waals surface area contributed by atoms with Crippen LogP contribution in [0.2, 0.25) is 0 Å². The van der Waals surface area contributed by atoms with E-state index in [0.29, 0.717) is 11.5 Å². The number of rotatable bonds is 3. The number of aryl methyl sites for hydroxylation is 1. The topological polar surface area (TPSA) is 104 Å². The normalized spacial score (nSPS) is 13.4. The number of methoxy groups -OCH3 is 1. The van der Waals surface area contributed by atoms with Crippen LogP contribution in [0.15, 0.2) is 0 Å². The highest BCUT2D eigenvalue weighted by atomic mass is 16.5. The molecule has 0 aromatic carbocycles. The van der Waals surface area contributed by atoms with Crippen LogP contribution in [-0.2, 0) is 4.74 Å². The maximum Gasteiger partial charge on any atom is 0.254 e. The van der Waals surface area contributed by atoms with Gasteiger partial charge in [-0.3, -0.25) is 4.79 Å². The summed E-state index contributed by atoms with van der Waals surface area (Å²) in [5.74, 6) is -0.0671. The van der Waals surface area contributed by atoms with E-state index in [-0.39, 0.29) is 22.9 Å². The van der Waals surface area contributed by atoms with Crippen molar-refractivity contribution in [2.45, 2.75) is 33.8 Å². The van der Waals surface area contributed by atoms with Gasteiger partial charge in [0.1, 0.15) is 17.5 Å². The predicted molar refractivity (Wildman–Crippen MR) is 68.9 cm³/mol. The largest absolute Gasteiger partial charge is 0.383 e. The van der Waals surface area contributed by atoms with E-state index in [1.807, 2.05) is 20.8 Å². The second-order valence-electron chi connectivity index (χ2n) is 5.27. The Labute approximate surface area is 107 Å². The van der Waals surface area contributed by atoms with Crippen molar-refractivity contribution in [3.8, 4) is 0 Å². The van der Waals surface area contributed by atoms with E-state index in [2.05, 4.69) is 9.97 Å². The molecule has 1 atom stereocenters. The number of carbonyl (C=O) groups is 1. The van der Waals surface area contributed by atoms with Gasteiger partial charge in [-0.15, -0.1) is 0 Å². The van der Waals surface area contributed by atoms with Crippen LogP contribution in [0.1, 0.15) is 48.8 Å². The van der Waals surface area contributed by atoms with Crippen molar-refractivity contribution in [2.24, 2.45) is 11.1 Å². The minimum absolute atomic E-state index is 0.0938. The fraction of sp³-hybridized carbons (Fsp3) is 0.583. The van der Waals surface area contributed by atoms with Crippen molar-refractivity contribution >= 4 is 11.7 Å². The summed E-state index contributed by atoms with van der Waals surface area (Å²) >= 11 is 0. The number of nitrogen functional groups attached to an aromatic ring is 1. The lowest BCUT2D eigenvalue weighted by atomic mass is 9.88. The number of aromatic nitrogens is 2. The molecular weight excluding hydrogens is 232 g/mol. The van der Waals surface area contributed by atoms with E-state index in [9.17, 15) is 4.79 Å². The molecule has 100 valence electrons. The summed E-state index contributed by atoms with van der Waals surface area (Å²) in [5, 5.41) is 0. The van der Waals surface area contributed by atoms with Crippen molar-refractivity contribution in [1.82, 2.24) is 9.97 Å². The van der Waals surface area contributed by atoms with Crippen LogP contribution in [0.25, 0.3) is 0 Å². The van der Waals surface area contributed by atoms with Gasteiger partial charge in [-0.25, -0.2) is 9.97 Å². The molecule has 0 aliphatic rings. The van der Waals surface area contributed by atoms with Gasteiger partial charge < -0.3 is 16.2 Å². The van der Waals surface area contributed by atoms with Crippen molar-refractivity contribution in [2.75, 3.05) is 12.8 Å². The second kappa shape index (κ2) is 4.89. The Kier molecular flexibility index (Phi) is 3.91. The maximum atomic E-state index is 11.2. The molecule has 1 aromatic rings. The summed E-state index contributed by atoms with van der Waals surface area (Å²) in [6.07, 6.45) is -0.305. The third kappa shape index (κ3) is 2.76. The molecular formula is C12H20N4O2. The van der Waals surface area contributed by atoms with Gasteiger partial charge in [-0.05, 0) is 12.3 Å². The van der Waals surface area contributed by atoms with Crippen LogP contribution in [0.4, 0.5) is 5.82 Å². The van der Waals surface area contributed by atoms with Gasteiger partial charge in [-0.1, -0.05) is 20.8 Å². The Morgan fingerprint density at radius 2 is 1.89 bits per heavy atom. The molecule has 0 saturated heterocycles. The molecule has 0 radical (unpaired) electrons. The van der Waals surface area contributed by atoms with E-state index >= 15 is 0 Å². The minimum Gasteiger partial charge on any atom is -0.383 e. The third-order valence-electron chi connectivity index (χ3n) is 2.64. The first-order valence-corrected chi connectivity index (χ1v) is 5.65. The number of hydrogen-bond acceptors (Lipinski definition) is 5. The summed E-state index contributed by atoms with van der Waals surface area (Å²) in [6, 6.07) is 0. The van der Waals surface area contributed by atoms with Crippen LogP contribution in [0.3, 0.4) is 0 Å². The molecule has 1 heterocycles. The first-order chi connectivity index (χ1) is 8.18. The highest BCUT2D eigenvalue weighted by molar-refractivity contribution is 5.98. The number of nitrogens with zero attached hydrogens (tertiary/aromatic N) is 2. The molecule has 6 heteroatoms. The second-order valence-corrected chi connectivity index (χ2v) is 5.27. The fourth-order valence-corrected chi connectivity index (χ4v) is 1.89. The summed E-state index contributed by atoms with van der Waals surface area (Å²) in [6.45, 7) is 7.71. The van der Waals surface area contributed by atoms with E-state index < -0.39 is 5.91 Å². The number of primary amides is 1. The van der Waals surface area contributed by atoms with Crippen molar-refractivity contribution < 1.29 is 9.53 Å². The zero-order valence-electron chi connectivity index (χ0n) is 11.4. The maximum absolute atomic E-state index is 11.2. The first-order valence-electron chi connectivity index (χ1n) is 5.65. The molecule has 1 amide bonds. The van der Waals surface area contributed by atoms with Gasteiger partial charge in [0.25, 0.3) is 5.91 Å². The van der Waals surface area contributed by atoms with Gasteiger partial charge in [0.05, 0.1) is 5.69 Å². The van der Waals surface area contributed by atoms with Crippen LogP contribution in [0, 0.1) is 12.3 Å². The molecule has 1 aromatic heterocycles. The summed E-state index contributed by atoms with van der Waals surface area (Å²) < 4.78 is 5.41. The summed E-state index contributed by atoms with van der Waals surface area (Å²) in [5.41, 5.74) is 11.4. The van der Waals surface area contributed by atoms with E-state index in [1.165, 1.54) is 0 Å². The molecule has 18 heavy (non-hydrogen) atoms. The van der Waals surface area contributed by atoms with Crippen LogP contribution in [-0.4, -0.2) is 23.0 Å². The molecule has 0 aliphatic carbocycles. The standard InChI is InChI=1S/C12H20N4O2/c1-6-7(10(14)17)9(13)16-11(15-6)8(18-5)12(2,3)4/h8H,1-5H3,(H2,14,17)(H2,13,15,16). The molecule has 0 saturated carbocycles. The molecule has 1 rings (SSSR count). The monoisotopic (exact) mass is 252 g/mol. The van der Waals surface area contributed by atoms with Gasteiger partial charge in [0.2, 0.25) is 0 Å². The quantitative estimate of drug-likeness (QED) is 0.841. The van der Waals surface area contributed by atoms with E-state index in [0.717, 1.165) is 0 Å². The van der Waals surface area contributed by atoms with Gasteiger partial charge >= 0.3 is 0 Å². The smallest absolute Gasteiger partial charge is 0.254 e. The molecule has 0 fully saturated rings. The Morgan fingerprint density at radius 1 is 1.33 bits per heavy atom. The van der Waals surface area contributed by atoms with Crippen molar-refractivity contribution in [3.63, 3.8) is 0 Å². The lowest BCUT2D eigenvalue weighted by molar-refractivity contribution is 0.00864. The van der Waals surface area contributed by atoms with E-state index in [1.54, 1.807) is 14.0 Å². The Bertz CT molecular complexity index is 443. The van der Waals surface area contributed by atoms with Gasteiger partial charge in [-0.2, -0.15) is 0 Å². The predicted octanol–water partition coefficient (Wildman–Crippen LogP) is 1.20. The highest BCUT2D eigenvalue weighted by Crippen LogP contribution is 2.34. The fourth-order valence-electron chi connectivity index (χ4n) is 1.89. The molecule has 0 spiro atoms. The number of hydrogen-bond donors (Lipinski definition) is 2.